The lowest BCUT2D eigenvalue weighted by atomic mass is 10.1. The number of nitrogens with one attached hydrogen (secondary N) is 2. The number of nitrogens with zero attached hydrogens (tertiary/aromatic N) is 4. The highest BCUT2D eigenvalue weighted by atomic mass is 16.1. The summed E-state index contributed by atoms with van der Waals surface area (Å²) < 4.78 is 2.06. The third-order valence-corrected chi connectivity index (χ3v) is 3.30. The van der Waals surface area contributed by atoms with Crippen molar-refractivity contribution in [1.29, 1.82) is 0 Å². The summed E-state index contributed by atoms with van der Waals surface area (Å²) in [5, 5.41) is 7.46. The lowest BCUT2D eigenvalue weighted by Crippen LogP contribution is -2.11. The van der Waals surface area contributed by atoms with E-state index in [0.29, 0.717) is 16.7 Å². The second-order valence-electron chi connectivity index (χ2n) is 4.38. The maximum atomic E-state index is 11.9. The van der Waals surface area contributed by atoms with Crippen LogP contribution in [0.15, 0.2) is 29.6 Å². The lowest BCUT2D eigenvalue weighted by molar-refractivity contribution is 0.683. The van der Waals surface area contributed by atoms with E-state index in [0.717, 1.165) is 24.4 Å². The molecule has 0 radical (unpaired) electrons. The van der Waals surface area contributed by atoms with E-state index in [1.165, 1.54) is 6.33 Å². The van der Waals surface area contributed by atoms with Crippen molar-refractivity contribution in [2.75, 3.05) is 0 Å². The second-order valence-corrected chi connectivity index (χ2v) is 4.38. The summed E-state index contributed by atoms with van der Waals surface area (Å²) in [7, 11) is 0. The third-order valence-electron chi connectivity index (χ3n) is 3.30. The first-order valence-electron chi connectivity index (χ1n) is 5.98. The number of hydrogen-bond acceptors (Lipinski definition) is 4. The normalized spacial score (nSPS) is 14.4. The van der Waals surface area contributed by atoms with E-state index in [1.54, 1.807) is 6.20 Å². The van der Waals surface area contributed by atoms with Crippen LogP contribution in [-0.2, 0) is 6.54 Å². The van der Waals surface area contributed by atoms with Gasteiger partial charge in [0.05, 0.1) is 12.0 Å². The fraction of sp³-hybridized carbons (Fsp3) is 0.167. The van der Waals surface area contributed by atoms with E-state index in [9.17, 15) is 4.79 Å². The highest BCUT2D eigenvalue weighted by Gasteiger charge is 2.20. The molecule has 0 saturated heterocycles. The molecule has 94 valence electrons. The first kappa shape index (κ1) is 10.2. The average molecular weight is 254 g/mol. The van der Waals surface area contributed by atoms with Crippen LogP contribution in [0.4, 0.5) is 0 Å². The molecular formula is C12H10N6O. The van der Waals surface area contributed by atoms with Gasteiger partial charge in [-0.25, -0.2) is 9.97 Å². The summed E-state index contributed by atoms with van der Waals surface area (Å²) in [4.78, 5) is 22.9. The van der Waals surface area contributed by atoms with Gasteiger partial charge in [0, 0.05) is 24.5 Å². The fourth-order valence-corrected chi connectivity index (χ4v) is 2.45. The molecule has 0 bridgehead atoms. The first-order chi connectivity index (χ1) is 9.34. The molecular weight excluding hydrogens is 244 g/mol. The van der Waals surface area contributed by atoms with Crippen LogP contribution in [0.5, 0.6) is 0 Å². The number of aromatic amines is 2. The maximum absolute atomic E-state index is 11.9. The Bertz CT molecular complexity index is 852. The number of H-pyrrole nitrogens is 2. The molecule has 19 heavy (non-hydrogen) atoms. The molecule has 0 unspecified atom stereocenters. The summed E-state index contributed by atoms with van der Waals surface area (Å²) in [6.45, 7) is 0.902. The van der Waals surface area contributed by atoms with Crippen LogP contribution in [0.2, 0.25) is 0 Å². The van der Waals surface area contributed by atoms with Crippen molar-refractivity contribution in [3.8, 4) is 0 Å². The van der Waals surface area contributed by atoms with Crippen molar-refractivity contribution in [3.05, 3.63) is 46.7 Å². The SMILES string of the molecule is O=c1[nH]cnc2n[nH]c(C3=CCCn4ccnc43)c12. The zero-order chi connectivity index (χ0) is 12.8. The summed E-state index contributed by atoms with van der Waals surface area (Å²) in [6, 6.07) is 0. The second kappa shape index (κ2) is 3.64. The van der Waals surface area contributed by atoms with Crippen molar-refractivity contribution >= 4 is 16.6 Å². The fourth-order valence-electron chi connectivity index (χ4n) is 2.45. The van der Waals surface area contributed by atoms with Crippen molar-refractivity contribution < 1.29 is 0 Å². The standard InChI is InChI=1S/C12H10N6O/c19-12-8-9(16-17-10(8)14-6-15-12)7-2-1-4-18-5-3-13-11(7)18/h2-3,5-6H,1,4H2,(H2,14,15,16,17,19). The van der Waals surface area contributed by atoms with E-state index in [2.05, 4.69) is 35.8 Å². The van der Waals surface area contributed by atoms with Crippen LogP contribution < -0.4 is 5.56 Å². The van der Waals surface area contributed by atoms with Gasteiger partial charge < -0.3 is 9.55 Å². The Morgan fingerprint density at radius 2 is 2.26 bits per heavy atom. The minimum Gasteiger partial charge on any atom is -0.331 e. The summed E-state index contributed by atoms with van der Waals surface area (Å²) in [6.07, 6.45) is 8.02. The summed E-state index contributed by atoms with van der Waals surface area (Å²) in [5.74, 6) is 0.847. The quantitative estimate of drug-likeness (QED) is 0.667. The molecule has 0 atom stereocenters. The molecule has 7 nitrogen and oxygen atoms in total. The summed E-state index contributed by atoms with van der Waals surface area (Å²) in [5.41, 5.74) is 1.80. The number of fused-ring (bicyclic) bond motifs is 2. The monoisotopic (exact) mass is 254 g/mol. The number of hydrogen-bond donors (Lipinski definition) is 2. The zero-order valence-corrected chi connectivity index (χ0v) is 9.92. The molecule has 0 fully saturated rings. The number of aromatic nitrogens is 6. The first-order valence-corrected chi connectivity index (χ1v) is 5.98. The van der Waals surface area contributed by atoms with Crippen LogP contribution in [0.3, 0.4) is 0 Å². The minimum atomic E-state index is -0.196. The Kier molecular flexibility index (Phi) is 1.96. The van der Waals surface area contributed by atoms with Gasteiger partial charge in [-0.15, -0.1) is 0 Å². The molecule has 0 saturated carbocycles. The maximum Gasteiger partial charge on any atom is 0.262 e. The average Bonchev–Trinajstić information content (AvgIpc) is 3.05. The third kappa shape index (κ3) is 1.38. The summed E-state index contributed by atoms with van der Waals surface area (Å²) >= 11 is 0. The highest BCUT2D eigenvalue weighted by molar-refractivity contribution is 5.91. The molecule has 0 aliphatic carbocycles. The Balaban J connectivity index is 2.02. The molecule has 0 spiro atoms. The van der Waals surface area contributed by atoms with Gasteiger partial charge in [-0.2, -0.15) is 5.10 Å². The Morgan fingerprint density at radius 3 is 3.21 bits per heavy atom. The molecule has 1 aliphatic heterocycles. The predicted octanol–water partition coefficient (Wildman–Crippen LogP) is 0.678. The zero-order valence-electron chi connectivity index (χ0n) is 9.92. The van der Waals surface area contributed by atoms with Crippen molar-refractivity contribution in [3.63, 3.8) is 0 Å². The van der Waals surface area contributed by atoms with E-state index in [4.69, 9.17) is 0 Å². The Morgan fingerprint density at radius 1 is 1.32 bits per heavy atom. The molecule has 4 rings (SSSR count). The largest absolute Gasteiger partial charge is 0.331 e. The van der Waals surface area contributed by atoms with Crippen molar-refractivity contribution in [1.82, 2.24) is 29.7 Å². The van der Waals surface area contributed by atoms with E-state index >= 15 is 0 Å². The van der Waals surface area contributed by atoms with Gasteiger partial charge in [0.15, 0.2) is 5.65 Å². The molecule has 3 aromatic rings. The van der Waals surface area contributed by atoms with Gasteiger partial charge in [-0.05, 0) is 6.42 Å². The number of rotatable bonds is 1. The van der Waals surface area contributed by atoms with Crippen LogP contribution >= 0.6 is 0 Å². The van der Waals surface area contributed by atoms with Gasteiger partial charge in [0.25, 0.3) is 5.56 Å². The van der Waals surface area contributed by atoms with E-state index < -0.39 is 0 Å². The lowest BCUT2D eigenvalue weighted by Gasteiger charge is -2.14. The predicted molar refractivity (Wildman–Crippen MR) is 68.4 cm³/mol. The van der Waals surface area contributed by atoms with Gasteiger partial charge in [0.1, 0.15) is 11.2 Å². The smallest absolute Gasteiger partial charge is 0.262 e. The van der Waals surface area contributed by atoms with Crippen LogP contribution in [0.1, 0.15) is 17.9 Å². The molecule has 7 heteroatoms. The van der Waals surface area contributed by atoms with Gasteiger partial charge in [-0.1, -0.05) is 6.08 Å². The topological polar surface area (TPSA) is 92.3 Å². The van der Waals surface area contributed by atoms with Crippen LogP contribution in [-0.4, -0.2) is 29.7 Å². The molecule has 2 N–H and O–H groups in total. The van der Waals surface area contributed by atoms with Crippen LogP contribution in [0.25, 0.3) is 16.6 Å². The Labute approximate surface area is 107 Å². The van der Waals surface area contributed by atoms with Crippen LogP contribution in [0, 0.1) is 0 Å². The van der Waals surface area contributed by atoms with E-state index in [-0.39, 0.29) is 5.56 Å². The minimum absolute atomic E-state index is 0.196. The number of imidazole rings is 1. The van der Waals surface area contributed by atoms with Gasteiger partial charge in [0.2, 0.25) is 0 Å². The van der Waals surface area contributed by atoms with Crippen molar-refractivity contribution in [2.45, 2.75) is 13.0 Å². The molecule has 3 aromatic heterocycles. The molecule has 4 heterocycles. The molecule has 1 aliphatic rings. The van der Waals surface area contributed by atoms with E-state index in [1.807, 2.05) is 6.20 Å². The highest BCUT2D eigenvalue weighted by Crippen LogP contribution is 2.27. The van der Waals surface area contributed by atoms with Crippen molar-refractivity contribution in [2.24, 2.45) is 0 Å². The number of allylic oxidation sites excluding steroid dienone is 1. The Hall–Kier alpha value is -2.70. The molecule has 0 amide bonds. The van der Waals surface area contributed by atoms with Gasteiger partial charge >= 0.3 is 0 Å². The molecule has 0 aromatic carbocycles. The van der Waals surface area contributed by atoms with Gasteiger partial charge in [-0.3, -0.25) is 9.89 Å². The number of aryl methyl sites for hydroxylation is 1.